The lowest BCUT2D eigenvalue weighted by molar-refractivity contribution is 0.101. The Labute approximate surface area is 138 Å². The maximum Gasteiger partial charge on any atom is 0.160 e. The maximum absolute atomic E-state index is 12.0. The van der Waals surface area contributed by atoms with Gasteiger partial charge in [-0.2, -0.15) is 0 Å². The molecule has 0 unspecified atom stereocenters. The van der Waals surface area contributed by atoms with E-state index < -0.39 is 0 Å². The van der Waals surface area contributed by atoms with Crippen LogP contribution in [-0.2, 0) is 6.54 Å². The zero-order chi connectivity index (χ0) is 16.6. The molecule has 0 spiro atoms. The van der Waals surface area contributed by atoms with Crippen molar-refractivity contribution in [3.8, 4) is 0 Å². The SMILES string of the molecule is CC(=O)c1c(C)cc(C)c(CN2CCC[C@H]2c2ccc[nH]2)c1C. The average molecular weight is 310 g/mol. The van der Waals surface area contributed by atoms with Gasteiger partial charge in [0.2, 0.25) is 0 Å². The Morgan fingerprint density at radius 1 is 1.30 bits per heavy atom. The Hall–Kier alpha value is -1.87. The first-order chi connectivity index (χ1) is 11.0. The zero-order valence-corrected chi connectivity index (χ0v) is 14.6. The fraction of sp³-hybridized carbons (Fsp3) is 0.450. The molecule has 0 bridgehead atoms. The van der Waals surface area contributed by atoms with Crippen molar-refractivity contribution in [3.05, 3.63) is 57.9 Å². The highest BCUT2D eigenvalue weighted by atomic mass is 16.1. The minimum Gasteiger partial charge on any atom is -0.364 e. The highest BCUT2D eigenvalue weighted by Crippen LogP contribution is 2.34. The molecule has 1 aromatic heterocycles. The Balaban J connectivity index is 1.93. The molecule has 1 aliphatic rings. The lowest BCUT2D eigenvalue weighted by Crippen LogP contribution is -2.24. The van der Waals surface area contributed by atoms with Gasteiger partial charge in [0.05, 0.1) is 6.04 Å². The fourth-order valence-electron chi connectivity index (χ4n) is 4.13. The Morgan fingerprint density at radius 2 is 2.09 bits per heavy atom. The number of aromatic amines is 1. The summed E-state index contributed by atoms with van der Waals surface area (Å²) in [6, 6.07) is 6.88. The Morgan fingerprint density at radius 3 is 2.74 bits per heavy atom. The quantitative estimate of drug-likeness (QED) is 0.845. The second-order valence-corrected chi connectivity index (χ2v) is 6.80. The standard InChI is InChI=1S/C20H26N2O/c1-13-11-14(2)20(16(4)23)15(3)17(13)12-22-10-6-8-19(22)18-7-5-9-21-18/h5,7,9,11,19,21H,6,8,10,12H2,1-4H3/t19-/m0/s1. The minimum atomic E-state index is 0.170. The molecule has 3 rings (SSSR count). The van der Waals surface area contributed by atoms with Gasteiger partial charge in [0.15, 0.2) is 5.78 Å². The molecule has 122 valence electrons. The van der Waals surface area contributed by atoms with Crippen molar-refractivity contribution >= 4 is 5.78 Å². The monoisotopic (exact) mass is 310 g/mol. The van der Waals surface area contributed by atoms with Crippen LogP contribution >= 0.6 is 0 Å². The second kappa shape index (κ2) is 6.32. The lowest BCUT2D eigenvalue weighted by atomic mass is 9.91. The summed E-state index contributed by atoms with van der Waals surface area (Å²) < 4.78 is 0. The van der Waals surface area contributed by atoms with Gasteiger partial charge < -0.3 is 4.98 Å². The number of hydrogen-bond acceptors (Lipinski definition) is 2. The zero-order valence-electron chi connectivity index (χ0n) is 14.6. The molecule has 1 atom stereocenters. The number of aromatic nitrogens is 1. The van der Waals surface area contributed by atoms with Crippen molar-refractivity contribution in [2.45, 2.75) is 53.1 Å². The van der Waals surface area contributed by atoms with Crippen molar-refractivity contribution in [2.75, 3.05) is 6.54 Å². The molecular weight excluding hydrogens is 284 g/mol. The van der Waals surface area contributed by atoms with E-state index in [-0.39, 0.29) is 5.78 Å². The van der Waals surface area contributed by atoms with E-state index in [2.05, 4.69) is 41.9 Å². The van der Waals surface area contributed by atoms with Crippen LogP contribution in [-0.4, -0.2) is 22.2 Å². The Bertz CT molecular complexity index is 716. The molecule has 0 aliphatic carbocycles. The topological polar surface area (TPSA) is 36.1 Å². The highest BCUT2D eigenvalue weighted by Gasteiger charge is 2.28. The number of carbonyl (C=O) groups excluding carboxylic acids is 1. The van der Waals surface area contributed by atoms with Crippen molar-refractivity contribution in [1.29, 1.82) is 0 Å². The van der Waals surface area contributed by atoms with Gasteiger partial charge in [-0.15, -0.1) is 0 Å². The van der Waals surface area contributed by atoms with Crippen LogP contribution in [0.25, 0.3) is 0 Å². The second-order valence-electron chi connectivity index (χ2n) is 6.80. The first-order valence-electron chi connectivity index (χ1n) is 8.47. The molecule has 0 saturated carbocycles. The van der Waals surface area contributed by atoms with Gasteiger partial charge in [-0.3, -0.25) is 9.69 Å². The van der Waals surface area contributed by atoms with Gasteiger partial charge in [-0.25, -0.2) is 0 Å². The molecule has 1 aromatic carbocycles. The van der Waals surface area contributed by atoms with E-state index in [1.807, 2.05) is 13.1 Å². The number of H-pyrrole nitrogens is 1. The summed E-state index contributed by atoms with van der Waals surface area (Å²) in [5.74, 6) is 0.170. The summed E-state index contributed by atoms with van der Waals surface area (Å²) >= 11 is 0. The predicted molar refractivity (Wildman–Crippen MR) is 93.8 cm³/mol. The molecule has 1 saturated heterocycles. The number of benzene rings is 1. The van der Waals surface area contributed by atoms with Crippen LogP contribution < -0.4 is 0 Å². The molecular formula is C20H26N2O. The van der Waals surface area contributed by atoms with E-state index in [1.165, 1.54) is 29.7 Å². The molecule has 0 amide bonds. The molecule has 3 heteroatoms. The molecule has 2 heterocycles. The van der Waals surface area contributed by atoms with E-state index in [0.717, 1.165) is 29.8 Å². The molecule has 1 N–H and O–H groups in total. The number of Topliss-reactive ketones (excluding diaryl/α,β-unsaturated/α-hetero) is 1. The Kier molecular flexibility index (Phi) is 4.40. The number of hydrogen-bond donors (Lipinski definition) is 1. The number of aryl methyl sites for hydroxylation is 2. The van der Waals surface area contributed by atoms with Gasteiger partial charge in [0.1, 0.15) is 0 Å². The number of rotatable bonds is 4. The molecule has 23 heavy (non-hydrogen) atoms. The van der Waals surface area contributed by atoms with E-state index in [0.29, 0.717) is 6.04 Å². The third-order valence-electron chi connectivity index (χ3n) is 5.19. The van der Waals surface area contributed by atoms with E-state index in [9.17, 15) is 4.79 Å². The summed E-state index contributed by atoms with van der Waals surface area (Å²) in [6.45, 7) is 10.0. The van der Waals surface area contributed by atoms with Gasteiger partial charge in [-0.05, 0) is 81.5 Å². The summed E-state index contributed by atoms with van der Waals surface area (Å²) in [7, 11) is 0. The smallest absolute Gasteiger partial charge is 0.160 e. The van der Waals surface area contributed by atoms with Gasteiger partial charge >= 0.3 is 0 Å². The van der Waals surface area contributed by atoms with Crippen LogP contribution in [0.4, 0.5) is 0 Å². The highest BCUT2D eigenvalue weighted by molar-refractivity contribution is 5.97. The van der Waals surface area contributed by atoms with E-state index >= 15 is 0 Å². The predicted octanol–water partition coefficient (Wildman–Crippen LogP) is 4.48. The summed E-state index contributed by atoms with van der Waals surface area (Å²) in [4.78, 5) is 17.9. The molecule has 1 fully saturated rings. The van der Waals surface area contributed by atoms with E-state index in [4.69, 9.17) is 0 Å². The van der Waals surface area contributed by atoms with Crippen molar-refractivity contribution in [1.82, 2.24) is 9.88 Å². The molecule has 1 aliphatic heterocycles. The molecule has 3 nitrogen and oxygen atoms in total. The van der Waals surface area contributed by atoms with Crippen LogP contribution in [0, 0.1) is 20.8 Å². The minimum absolute atomic E-state index is 0.170. The third-order valence-corrected chi connectivity index (χ3v) is 5.19. The van der Waals surface area contributed by atoms with Crippen molar-refractivity contribution < 1.29 is 4.79 Å². The van der Waals surface area contributed by atoms with Gasteiger partial charge in [0, 0.05) is 24.0 Å². The first kappa shape index (κ1) is 16.0. The van der Waals surface area contributed by atoms with Crippen LogP contribution in [0.5, 0.6) is 0 Å². The molecule has 0 radical (unpaired) electrons. The third kappa shape index (κ3) is 2.98. The maximum atomic E-state index is 12.0. The lowest BCUT2D eigenvalue weighted by Gasteiger charge is -2.26. The first-order valence-corrected chi connectivity index (χ1v) is 8.47. The number of ketones is 1. The number of likely N-dealkylation sites (tertiary alicyclic amines) is 1. The van der Waals surface area contributed by atoms with Crippen LogP contribution in [0.2, 0.25) is 0 Å². The largest absolute Gasteiger partial charge is 0.364 e. The van der Waals surface area contributed by atoms with E-state index in [1.54, 1.807) is 6.92 Å². The average Bonchev–Trinajstić information content (AvgIpc) is 3.13. The van der Waals surface area contributed by atoms with Crippen LogP contribution in [0.1, 0.15) is 64.1 Å². The van der Waals surface area contributed by atoms with Crippen LogP contribution in [0.3, 0.4) is 0 Å². The fourth-order valence-corrected chi connectivity index (χ4v) is 4.13. The van der Waals surface area contributed by atoms with Crippen LogP contribution in [0.15, 0.2) is 24.4 Å². The summed E-state index contributed by atoms with van der Waals surface area (Å²) in [6.07, 6.45) is 4.43. The van der Waals surface area contributed by atoms with Gasteiger partial charge in [0.25, 0.3) is 0 Å². The summed E-state index contributed by atoms with van der Waals surface area (Å²) in [5, 5.41) is 0. The number of nitrogens with zero attached hydrogens (tertiary/aromatic N) is 1. The number of carbonyl (C=O) groups is 1. The normalized spacial score (nSPS) is 18.5. The van der Waals surface area contributed by atoms with Crippen molar-refractivity contribution in [3.63, 3.8) is 0 Å². The van der Waals surface area contributed by atoms with Crippen molar-refractivity contribution in [2.24, 2.45) is 0 Å². The molecule has 2 aromatic rings. The number of nitrogens with one attached hydrogen (secondary N) is 1. The summed E-state index contributed by atoms with van der Waals surface area (Å²) in [5.41, 5.74) is 7.07. The van der Waals surface area contributed by atoms with Gasteiger partial charge in [-0.1, -0.05) is 6.07 Å².